The molecular weight excluding hydrogens is 550 g/mol. The molecule has 0 unspecified atom stereocenters. The van der Waals surface area contributed by atoms with Crippen LogP contribution in [0, 0.1) is 11.8 Å². The zero-order chi connectivity index (χ0) is 30.0. The second kappa shape index (κ2) is 9.74. The van der Waals surface area contributed by atoms with E-state index < -0.39 is 23.2 Å². The SMILES string of the molecule is COc1cccc(C(=O)N/N=C\C23c4ccccc4C(c4ccccc42)[C@H]2C(=O)N(c4cccc5ccccc45)C(=O)[C@H]23)c1. The van der Waals surface area contributed by atoms with E-state index in [2.05, 4.69) is 10.5 Å². The summed E-state index contributed by atoms with van der Waals surface area (Å²) in [4.78, 5) is 43.8. The smallest absolute Gasteiger partial charge is 0.271 e. The maximum atomic E-state index is 14.7. The van der Waals surface area contributed by atoms with E-state index in [1.54, 1.807) is 37.6 Å². The summed E-state index contributed by atoms with van der Waals surface area (Å²) in [5.74, 6) is -2.01. The number of rotatable bonds is 5. The number of hydrogen-bond acceptors (Lipinski definition) is 5. The van der Waals surface area contributed by atoms with E-state index in [1.807, 2.05) is 91.0 Å². The normalized spacial score (nSPS) is 23.0. The fourth-order valence-corrected chi connectivity index (χ4v) is 7.71. The molecule has 3 aliphatic carbocycles. The third kappa shape index (κ3) is 3.49. The number of methoxy groups -OCH3 is 1. The second-order valence-electron chi connectivity index (χ2n) is 11.5. The molecule has 1 fully saturated rings. The average Bonchev–Trinajstić information content (AvgIpc) is 3.34. The molecule has 4 aliphatic rings. The van der Waals surface area contributed by atoms with Gasteiger partial charge in [0.15, 0.2) is 0 Å². The zero-order valence-corrected chi connectivity index (χ0v) is 23.8. The Labute approximate surface area is 253 Å². The number of carbonyl (C=O) groups excluding carboxylic acids is 3. The summed E-state index contributed by atoms with van der Waals surface area (Å²) in [5, 5.41) is 6.30. The van der Waals surface area contributed by atoms with Crippen LogP contribution in [-0.4, -0.2) is 31.0 Å². The highest BCUT2D eigenvalue weighted by Crippen LogP contribution is 2.63. The molecule has 0 saturated carbocycles. The predicted molar refractivity (Wildman–Crippen MR) is 168 cm³/mol. The zero-order valence-electron chi connectivity index (χ0n) is 23.8. The summed E-state index contributed by atoms with van der Waals surface area (Å²) in [5.41, 5.74) is 6.40. The Morgan fingerprint density at radius 2 is 1.48 bits per heavy atom. The van der Waals surface area contributed by atoms with Gasteiger partial charge in [0, 0.05) is 23.1 Å². The van der Waals surface area contributed by atoms with Crippen LogP contribution in [0.15, 0.2) is 120 Å². The molecule has 2 atom stereocenters. The number of ether oxygens (including phenoxy) is 1. The number of imide groups is 1. The number of hydrazone groups is 1. The first kappa shape index (κ1) is 26.1. The van der Waals surface area contributed by atoms with Crippen molar-refractivity contribution in [3.05, 3.63) is 143 Å². The summed E-state index contributed by atoms with van der Waals surface area (Å²) in [7, 11) is 1.54. The quantitative estimate of drug-likeness (QED) is 0.162. The first-order valence-corrected chi connectivity index (χ1v) is 14.6. The third-order valence-electron chi connectivity index (χ3n) is 9.46. The van der Waals surface area contributed by atoms with Gasteiger partial charge in [0.1, 0.15) is 5.75 Å². The van der Waals surface area contributed by atoms with Crippen LogP contribution >= 0.6 is 0 Å². The van der Waals surface area contributed by atoms with Crippen molar-refractivity contribution in [3.8, 4) is 5.75 Å². The summed E-state index contributed by atoms with van der Waals surface area (Å²) >= 11 is 0. The van der Waals surface area contributed by atoms with Crippen molar-refractivity contribution < 1.29 is 19.1 Å². The van der Waals surface area contributed by atoms with Gasteiger partial charge in [0.25, 0.3) is 5.91 Å². The van der Waals surface area contributed by atoms with E-state index in [0.29, 0.717) is 17.0 Å². The molecule has 7 nitrogen and oxygen atoms in total. The lowest BCUT2D eigenvalue weighted by Gasteiger charge is -2.52. The van der Waals surface area contributed by atoms with E-state index in [4.69, 9.17) is 4.74 Å². The van der Waals surface area contributed by atoms with E-state index >= 15 is 0 Å². The van der Waals surface area contributed by atoms with Gasteiger partial charge in [0.05, 0.1) is 30.0 Å². The van der Waals surface area contributed by atoms with Crippen LogP contribution in [0.1, 0.15) is 38.5 Å². The lowest BCUT2D eigenvalue weighted by molar-refractivity contribution is -0.122. The molecule has 0 spiro atoms. The highest BCUT2D eigenvalue weighted by atomic mass is 16.5. The van der Waals surface area contributed by atoms with Crippen molar-refractivity contribution in [2.45, 2.75) is 11.3 Å². The van der Waals surface area contributed by atoms with Gasteiger partial charge in [0.2, 0.25) is 11.8 Å². The van der Waals surface area contributed by atoms with Crippen LogP contribution in [0.5, 0.6) is 5.75 Å². The van der Waals surface area contributed by atoms with Crippen molar-refractivity contribution in [2.24, 2.45) is 16.9 Å². The highest BCUT2D eigenvalue weighted by molar-refractivity contribution is 6.27. The molecule has 3 amide bonds. The molecule has 2 bridgehead atoms. The molecule has 1 heterocycles. The summed E-state index contributed by atoms with van der Waals surface area (Å²) in [6, 6.07) is 36.2. The Kier molecular flexibility index (Phi) is 5.78. The largest absolute Gasteiger partial charge is 0.497 e. The van der Waals surface area contributed by atoms with E-state index in [9.17, 15) is 14.4 Å². The Bertz CT molecular complexity index is 2000. The molecule has 44 heavy (non-hydrogen) atoms. The van der Waals surface area contributed by atoms with Crippen molar-refractivity contribution in [1.29, 1.82) is 0 Å². The number of fused-ring (bicyclic) bond motifs is 1. The second-order valence-corrected chi connectivity index (χ2v) is 11.5. The molecule has 1 N–H and O–H groups in total. The van der Waals surface area contributed by atoms with Gasteiger partial charge in [-0.15, -0.1) is 0 Å². The first-order valence-electron chi connectivity index (χ1n) is 14.6. The van der Waals surface area contributed by atoms with Crippen molar-refractivity contribution >= 4 is 40.4 Å². The number of carbonyl (C=O) groups is 3. The molecule has 214 valence electrons. The van der Waals surface area contributed by atoms with E-state index in [-0.39, 0.29) is 17.7 Å². The van der Waals surface area contributed by atoms with Gasteiger partial charge in [-0.3, -0.25) is 14.4 Å². The fraction of sp³-hybridized carbons (Fsp3) is 0.135. The number of hydrogen-bond donors (Lipinski definition) is 1. The van der Waals surface area contributed by atoms with Gasteiger partial charge in [-0.2, -0.15) is 5.10 Å². The van der Waals surface area contributed by atoms with E-state index in [0.717, 1.165) is 33.0 Å². The van der Waals surface area contributed by atoms with Crippen molar-refractivity contribution in [2.75, 3.05) is 12.0 Å². The van der Waals surface area contributed by atoms with E-state index in [1.165, 1.54) is 4.90 Å². The minimum Gasteiger partial charge on any atom is -0.497 e. The average molecular weight is 578 g/mol. The maximum Gasteiger partial charge on any atom is 0.271 e. The topological polar surface area (TPSA) is 88.1 Å². The molecular formula is C37H27N3O4. The standard InChI is InChI=1S/C37H27N3O4/c1-44-24-13-8-12-23(20-24)34(41)39-38-21-37-28-17-6-4-15-26(28)31(27-16-5-7-18-29(27)37)32-33(37)36(43)40(35(32)42)30-19-9-11-22-10-2-3-14-25(22)30/h2-21,31-33H,1H3,(H,39,41)/b38-21-/t31?,32-,33+,37?/m1/s1. The summed E-state index contributed by atoms with van der Waals surface area (Å²) < 4.78 is 5.27. The number of nitrogens with one attached hydrogen (secondary N) is 1. The molecule has 5 aromatic carbocycles. The van der Waals surface area contributed by atoms with Gasteiger partial charge in [-0.25, -0.2) is 10.3 Å². The van der Waals surface area contributed by atoms with Crippen LogP contribution in [0.3, 0.4) is 0 Å². The van der Waals surface area contributed by atoms with Crippen LogP contribution in [-0.2, 0) is 15.0 Å². The molecule has 0 radical (unpaired) electrons. The Morgan fingerprint density at radius 1 is 0.818 bits per heavy atom. The predicted octanol–water partition coefficient (Wildman–Crippen LogP) is 5.82. The first-order chi connectivity index (χ1) is 21.5. The molecule has 5 aromatic rings. The van der Waals surface area contributed by atoms with Gasteiger partial charge in [-0.05, 0) is 51.9 Å². The lowest BCUT2D eigenvalue weighted by atomic mass is 9.47. The molecule has 1 aliphatic heterocycles. The van der Waals surface area contributed by atoms with Crippen LogP contribution in [0.4, 0.5) is 5.69 Å². The van der Waals surface area contributed by atoms with Crippen LogP contribution < -0.4 is 15.1 Å². The van der Waals surface area contributed by atoms with Crippen molar-refractivity contribution in [3.63, 3.8) is 0 Å². The lowest BCUT2D eigenvalue weighted by Crippen LogP contribution is -2.54. The molecule has 9 rings (SSSR count). The van der Waals surface area contributed by atoms with Crippen LogP contribution in [0.2, 0.25) is 0 Å². The van der Waals surface area contributed by atoms with Crippen LogP contribution in [0.25, 0.3) is 10.8 Å². The number of amides is 3. The molecule has 0 aromatic heterocycles. The Hall–Kier alpha value is -5.56. The third-order valence-corrected chi connectivity index (χ3v) is 9.46. The Balaban J connectivity index is 1.30. The van der Waals surface area contributed by atoms with Crippen molar-refractivity contribution in [1.82, 2.24) is 5.43 Å². The minimum absolute atomic E-state index is 0.219. The fourth-order valence-electron chi connectivity index (χ4n) is 7.71. The number of nitrogens with zero attached hydrogens (tertiary/aromatic N) is 2. The van der Waals surface area contributed by atoms with Gasteiger partial charge in [-0.1, -0.05) is 91.0 Å². The summed E-state index contributed by atoms with van der Waals surface area (Å²) in [6.45, 7) is 0. The monoisotopic (exact) mass is 577 g/mol. The minimum atomic E-state index is -1.08. The number of anilines is 1. The van der Waals surface area contributed by atoms with Gasteiger partial charge < -0.3 is 4.74 Å². The molecule has 1 saturated heterocycles. The van der Waals surface area contributed by atoms with Gasteiger partial charge >= 0.3 is 0 Å². The Morgan fingerprint density at radius 3 is 2.23 bits per heavy atom. The maximum absolute atomic E-state index is 14.7. The number of benzene rings is 5. The molecule has 7 heteroatoms. The summed E-state index contributed by atoms with van der Waals surface area (Å²) in [6.07, 6.45) is 1.67. The highest BCUT2D eigenvalue weighted by Gasteiger charge is 2.68.